The summed E-state index contributed by atoms with van der Waals surface area (Å²) in [7, 11) is 0. The number of benzene rings is 1. The first-order valence-corrected chi connectivity index (χ1v) is 3.56. The first kappa shape index (κ1) is 6.91. The second-order valence-corrected chi connectivity index (χ2v) is 2.57. The molecule has 58 valence electrons. The largest absolute Gasteiger partial charge is 0.464 e. The highest BCUT2D eigenvalue weighted by atomic mass is 16.3. The molecule has 3 nitrogen and oxygen atoms in total. The summed E-state index contributed by atoms with van der Waals surface area (Å²) in [4.78, 5) is 21.7. The minimum Gasteiger partial charge on any atom is -0.210 e. The predicted molar refractivity (Wildman–Crippen MR) is 43.3 cm³/mol. The van der Waals surface area contributed by atoms with Crippen molar-refractivity contribution in [3.05, 3.63) is 39.6 Å². The number of nitroso groups, excluding NO2 is 1. The Kier molecular flexibility index (Phi) is 1.37. The van der Waals surface area contributed by atoms with Gasteiger partial charge in [-0.2, -0.15) is 0 Å². The van der Waals surface area contributed by atoms with Crippen molar-refractivity contribution in [2.45, 2.75) is 0 Å². The third-order valence-electron chi connectivity index (χ3n) is 1.75. The summed E-state index contributed by atoms with van der Waals surface area (Å²) in [5.74, 6) is -0.520. The molecule has 0 saturated heterocycles. The fraction of sp³-hybridized carbons (Fsp3) is 0. The average molecular weight is 160 g/mol. The van der Waals surface area contributed by atoms with Crippen LogP contribution in [0.4, 0.5) is 0 Å². The van der Waals surface area contributed by atoms with Gasteiger partial charge in [0.1, 0.15) is 4.76 Å². The SMILES string of the molecule is O=C1C=c2ccccc2=C[N+]1=O. The van der Waals surface area contributed by atoms with Crippen molar-refractivity contribution in [3.8, 4) is 0 Å². The van der Waals surface area contributed by atoms with Gasteiger partial charge in [0, 0.05) is 4.91 Å². The van der Waals surface area contributed by atoms with Crippen molar-refractivity contribution < 1.29 is 9.55 Å². The molecule has 0 spiro atoms. The maximum atomic E-state index is 10.9. The van der Waals surface area contributed by atoms with Crippen LogP contribution in [0.3, 0.4) is 0 Å². The zero-order valence-corrected chi connectivity index (χ0v) is 6.23. The Hall–Kier alpha value is -1.77. The Morgan fingerprint density at radius 2 is 1.75 bits per heavy atom. The Bertz CT molecular complexity index is 429. The molecule has 1 aliphatic rings. The van der Waals surface area contributed by atoms with Gasteiger partial charge in [0.05, 0.1) is 11.3 Å². The molecule has 0 unspecified atom stereocenters. The van der Waals surface area contributed by atoms with E-state index in [9.17, 15) is 9.70 Å². The highest BCUT2D eigenvalue weighted by molar-refractivity contribution is 5.99. The zero-order chi connectivity index (χ0) is 8.55. The zero-order valence-electron chi connectivity index (χ0n) is 6.23. The van der Waals surface area contributed by atoms with Crippen LogP contribution in [0.1, 0.15) is 0 Å². The molecule has 0 fully saturated rings. The Balaban J connectivity index is 2.87. The van der Waals surface area contributed by atoms with Gasteiger partial charge in [0.2, 0.25) is 6.20 Å². The summed E-state index contributed by atoms with van der Waals surface area (Å²) in [6.45, 7) is 0. The molecule has 1 amide bonds. The van der Waals surface area contributed by atoms with Gasteiger partial charge in [-0.05, 0) is 11.3 Å². The van der Waals surface area contributed by atoms with E-state index >= 15 is 0 Å². The molecule has 0 saturated carbocycles. The molecule has 3 heteroatoms. The van der Waals surface area contributed by atoms with Crippen molar-refractivity contribution in [3.63, 3.8) is 0 Å². The standard InChI is InChI=1S/C9H6NO2/c11-9-5-7-3-1-2-4-8(7)6-10(9)12/h1-6H/q+1. The predicted octanol–water partition coefficient (Wildman–Crippen LogP) is -0.476. The van der Waals surface area contributed by atoms with Crippen LogP contribution in [-0.2, 0) is 4.79 Å². The molecule has 0 atom stereocenters. The fourth-order valence-corrected chi connectivity index (χ4v) is 1.15. The summed E-state index contributed by atoms with van der Waals surface area (Å²) in [5.41, 5.74) is 0. The average Bonchev–Trinajstić information content (AvgIpc) is 2.07. The van der Waals surface area contributed by atoms with Gasteiger partial charge < -0.3 is 0 Å². The Morgan fingerprint density at radius 3 is 2.50 bits per heavy atom. The van der Waals surface area contributed by atoms with E-state index < -0.39 is 5.91 Å². The molecule has 1 heterocycles. The first-order valence-electron chi connectivity index (χ1n) is 3.56. The van der Waals surface area contributed by atoms with Crippen LogP contribution in [0, 0.1) is 4.91 Å². The third kappa shape index (κ3) is 0.955. The van der Waals surface area contributed by atoms with E-state index in [1.165, 1.54) is 12.3 Å². The molecule has 12 heavy (non-hydrogen) atoms. The van der Waals surface area contributed by atoms with E-state index in [1.54, 1.807) is 12.1 Å². The number of hydrogen-bond acceptors (Lipinski definition) is 2. The van der Waals surface area contributed by atoms with Crippen molar-refractivity contribution in [1.82, 2.24) is 0 Å². The fourth-order valence-electron chi connectivity index (χ4n) is 1.15. The van der Waals surface area contributed by atoms with Crippen LogP contribution < -0.4 is 10.4 Å². The lowest BCUT2D eigenvalue weighted by Crippen LogP contribution is -2.33. The molecule has 1 aromatic rings. The maximum Gasteiger partial charge on any atom is 0.464 e. The smallest absolute Gasteiger partial charge is 0.210 e. The molecule has 0 aliphatic carbocycles. The van der Waals surface area contributed by atoms with Gasteiger partial charge in [0.15, 0.2) is 0 Å². The second kappa shape index (κ2) is 2.37. The first-order chi connectivity index (χ1) is 5.77. The summed E-state index contributed by atoms with van der Waals surface area (Å²) in [5, 5.41) is 1.58. The summed E-state index contributed by atoms with van der Waals surface area (Å²) >= 11 is 0. The number of hydrogen-bond donors (Lipinski definition) is 0. The molecular formula is C9H6NO2+. The highest BCUT2D eigenvalue weighted by Crippen LogP contribution is 1.85. The maximum absolute atomic E-state index is 10.9. The normalized spacial score (nSPS) is 14.7. The number of amides is 1. The van der Waals surface area contributed by atoms with E-state index in [0.717, 1.165) is 10.4 Å². The number of rotatable bonds is 0. The summed E-state index contributed by atoms with van der Waals surface area (Å²) in [6, 6.07) is 7.25. The minimum absolute atomic E-state index is 0.336. The lowest BCUT2D eigenvalue weighted by molar-refractivity contribution is -0.361. The van der Waals surface area contributed by atoms with Gasteiger partial charge in [-0.3, -0.25) is 0 Å². The molecule has 0 bridgehead atoms. The van der Waals surface area contributed by atoms with Gasteiger partial charge in [-0.25, -0.2) is 4.79 Å². The quantitative estimate of drug-likeness (QED) is 0.481. The summed E-state index contributed by atoms with van der Waals surface area (Å²) in [6.07, 6.45) is 2.62. The molecular weight excluding hydrogens is 154 g/mol. The van der Waals surface area contributed by atoms with E-state index in [1.807, 2.05) is 12.1 Å². The molecule has 1 aliphatic heterocycles. The van der Waals surface area contributed by atoms with Gasteiger partial charge in [-0.15, -0.1) is 0 Å². The molecule has 0 radical (unpaired) electrons. The Morgan fingerprint density at radius 1 is 1.08 bits per heavy atom. The number of fused-ring (bicyclic) bond motifs is 1. The summed E-state index contributed by atoms with van der Waals surface area (Å²) < 4.78 is 0.336. The monoisotopic (exact) mass is 160 g/mol. The van der Waals surface area contributed by atoms with Crippen molar-refractivity contribution in [1.29, 1.82) is 0 Å². The Labute approximate surface area is 68.2 Å². The van der Waals surface area contributed by atoms with Crippen molar-refractivity contribution in [2.75, 3.05) is 0 Å². The van der Waals surface area contributed by atoms with E-state index in [2.05, 4.69) is 0 Å². The molecule has 2 rings (SSSR count). The highest BCUT2D eigenvalue weighted by Gasteiger charge is 2.19. The van der Waals surface area contributed by atoms with Crippen molar-refractivity contribution >= 4 is 18.2 Å². The lowest BCUT2D eigenvalue weighted by Gasteiger charge is -1.89. The van der Waals surface area contributed by atoms with E-state index in [4.69, 9.17) is 0 Å². The molecule has 0 N–H and O–H groups in total. The number of carbonyl (C=O) groups is 1. The molecule has 0 aromatic heterocycles. The van der Waals surface area contributed by atoms with Crippen molar-refractivity contribution in [2.24, 2.45) is 0 Å². The van der Waals surface area contributed by atoms with Crippen LogP contribution in [0.2, 0.25) is 0 Å². The second-order valence-electron chi connectivity index (χ2n) is 2.57. The third-order valence-corrected chi connectivity index (χ3v) is 1.75. The minimum atomic E-state index is -0.520. The van der Waals surface area contributed by atoms with Gasteiger partial charge >= 0.3 is 5.91 Å². The van der Waals surface area contributed by atoms with Crippen LogP contribution in [-0.4, -0.2) is 10.7 Å². The lowest BCUT2D eigenvalue weighted by atomic mass is 10.2. The van der Waals surface area contributed by atoms with Crippen LogP contribution in [0.5, 0.6) is 0 Å². The van der Waals surface area contributed by atoms with Gasteiger partial charge in [0.25, 0.3) is 0 Å². The number of nitrogens with zero attached hydrogens (tertiary/aromatic N) is 1. The van der Waals surface area contributed by atoms with E-state index in [-0.39, 0.29) is 0 Å². The van der Waals surface area contributed by atoms with Crippen LogP contribution in [0.15, 0.2) is 24.3 Å². The molecule has 1 aromatic carbocycles. The van der Waals surface area contributed by atoms with Gasteiger partial charge in [-0.1, -0.05) is 18.2 Å². The van der Waals surface area contributed by atoms with E-state index in [0.29, 0.717) is 4.76 Å². The van der Waals surface area contributed by atoms with Crippen LogP contribution >= 0.6 is 0 Å². The topological polar surface area (TPSA) is 37.1 Å². The van der Waals surface area contributed by atoms with Crippen LogP contribution in [0.25, 0.3) is 12.3 Å². The number of carbonyl (C=O) groups excluding carboxylic acids is 1.